The van der Waals surface area contributed by atoms with Gasteiger partial charge in [-0.15, -0.1) is 0 Å². The van der Waals surface area contributed by atoms with Crippen molar-refractivity contribution >= 4 is 0 Å². The van der Waals surface area contributed by atoms with Gasteiger partial charge in [-0.2, -0.15) is 13.2 Å². The van der Waals surface area contributed by atoms with Crippen molar-refractivity contribution in [3.8, 4) is 0 Å². The van der Waals surface area contributed by atoms with E-state index in [1.54, 1.807) is 0 Å². The number of halogens is 3. The van der Waals surface area contributed by atoms with Gasteiger partial charge in [0.05, 0.1) is 5.92 Å². The third kappa shape index (κ3) is 2.37. The third-order valence-electron chi connectivity index (χ3n) is 2.42. The monoisotopic (exact) mass is 181 g/mol. The van der Waals surface area contributed by atoms with E-state index in [0.717, 1.165) is 13.1 Å². The van der Waals surface area contributed by atoms with Gasteiger partial charge in [-0.1, -0.05) is 6.92 Å². The Labute approximate surface area is 70.5 Å². The van der Waals surface area contributed by atoms with Gasteiger partial charge >= 0.3 is 6.18 Å². The molecule has 1 fully saturated rings. The number of likely N-dealkylation sites (tertiary alicyclic amines) is 1. The maximum Gasteiger partial charge on any atom is 0.393 e. The van der Waals surface area contributed by atoms with E-state index in [2.05, 4.69) is 0 Å². The predicted octanol–water partition coefficient (Wildman–Crippen LogP) is 2.28. The van der Waals surface area contributed by atoms with Crippen LogP contribution in [-0.2, 0) is 0 Å². The van der Waals surface area contributed by atoms with Gasteiger partial charge in [0.2, 0.25) is 0 Å². The summed E-state index contributed by atoms with van der Waals surface area (Å²) in [5.41, 5.74) is 0. The van der Waals surface area contributed by atoms with Gasteiger partial charge in [0.25, 0.3) is 0 Å². The second-order valence-electron chi connectivity index (χ2n) is 3.27. The van der Waals surface area contributed by atoms with Crippen molar-refractivity contribution in [3.05, 3.63) is 0 Å². The predicted molar refractivity (Wildman–Crippen MR) is 40.9 cm³/mol. The molecule has 1 atom stereocenters. The summed E-state index contributed by atoms with van der Waals surface area (Å²) in [4.78, 5) is 1.86. The Kier molecular flexibility index (Phi) is 2.99. The molecular weight excluding hydrogens is 167 g/mol. The Hall–Kier alpha value is -0.250. The Morgan fingerprint density at radius 1 is 1.42 bits per heavy atom. The van der Waals surface area contributed by atoms with Crippen molar-refractivity contribution in [1.82, 2.24) is 4.90 Å². The summed E-state index contributed by atoms with van der Waals surface area (Å²) < 4.78 is 36.7. The van der Waals surface area contributed by atoms with Crippen LogP contribution in [0.15, 0.2) is 0 Å². The molecule has 1 rings (SSSR count). The fraction of sp³-hybridized carbons (Fsp3) is 1.00. The van der Waals surface area contributed by atoms with Gasteiger partial charge in [-0.25, -0.2) is 0 Å². The van der Waals surface area contributed by atoms with E-state index in [4.69, 9.17) is 0 Å². The van der Waals surface area contributed by atoms with E-state index in [1.165, 1.54) is 0 Å². The molecule has 0 spiro atoms. The maximum absolute atomic E-state index is 12.2. The van der Waals surface area contributed by atoms with Crippen LogP contribution in [0, 0.1) is 5.92 Å². The lowest BCUT2D eigenvalue weighted by Gasteiger charge is -2.32. The van der Waals surface area contributed by atoms with E-state index >= 15 is 0 Å². The van der Waals surface area contributed by atoms with Crippen LogP contribution in [0.25, 0.3) is 0 Å². The topological polar surface area (TPSA) is 3.24 Å². The smallest absolute Gasteiger partial charge is 0.303 e. The molecule has 0 saturated carbocycles. The highest BCUT2D eigenvalue weighted by atomic mass is 19.4. The quantitative estimate of drug-likeness (QED) is 0.600. The summed E-state index contributed by atoms with van der Waals surface area (Å²) in [7, 11) is 0. The highest BCUT2D eigenvalue weighted by molar-refractivity contribution is 4.77. The SMILES string of the molecule is CCN1CCC[C@H](C(F)(F)F)C1. The minimum absolute atomic E-state index is 0.194. The van der Waals surface area contributed by atoms with Crippen molar-refractivity contribution in [3.63, 3.8) is 0 Å². The molecule has 1 saturated heterocycles. The van der Waals surface area contributed by atoms with Gasteiger partial charge in [-0.3, -0.25) is 0 Å². The maximum atomic E-state index is 12.2. The molecule has 1 nitrogen and oxygen atoms in total. The average molecular weight is 181 g/mol. The fourth-order valence-electron chi connectivity index (χ4n) is 1.61. The first-order valence-corrected chi connectivity index (χ1v) is 4.33. The summed E-state index contributed by atoms with van der Waals surface area (Å²) in [6, 6.07) is 0. The summed E-state index contributed by atoms with van der Waals surface area (Å²) in [5.74, 6) is -1.09. The van der Waals surface area contributed by atoms with Gasteiger partial charge in [0.15, 0.2) is 0 Å². The van der Waals surface area contributed by atoms with E-state index in [0.29, 0.717) is 12.8 Å². The molecule has 0 N–H and O–H groups in total. The van der Waals surface area contributed by atoms with E-state index < -0.39 is 12.1 Å². The number of rotatable bonds is 1. The van der Waals surface area contributed by atoms with Crippen molar-refractivity contribution in [2.24, 2.45) is 5.92 Å². The zero-order valence-corrected chi connectivity index (χ0v) is 7.19. The molecule has 72 valence electrons. The summed E-state index contributed by atoms with van der Waals surface area (Å²) in [6.45, 7) is 3.65. The van der Waals surface area contributed by atoms with E-state index in [1.807, 2.05) is 11.8 Å². The molecule has 1 heterocycles. The van der Waals surface area contributed by atoms with Crippen LogP contribution in [0.1, 0.15) is 19.8 Å². The van der Waals surface area contributed by atoms with Crippen LogP contribution in [0.3, 0.4) is 0 Å². The lowest BCUT2D eigenvalue weighted by atomic mass is 9.98. The van der Waals surface area contributed by atoms with Crippen molar-refractivity contribution in [2.75, 3.05) is 19.6 Å². The molecule has 0 bridgehead atoms. The van der Waals surface area contributed by atoms with Gasteiger partial charge < -0.3 is 4.90 Å². The van der Waals surface area contributed by atoms with E-state index in [-0.39, 0.29) is 6.54 Å². The van der Waals surface area contributed by atoms with Crippen molar-refractivity contribution < 1.29 is 13.2 Å². The first-order valence-electron chi connectivity index (χ1n) is 4.33. The largest absolute Gasteiger partial charge is 0.393 e. The molecule has 1 aliphatic heterocycles. The molecule has 0 amide bonds. The normalized spacial score (nSPS) is 27.5. The number of nitrogens with zero attached hydrogens (tertiary/aromatic N) is 1. The number of piperidine rings is 1. The zero-order chi connectivity index (χ0) is 9.19. The fourth-order valence-corrected chi connectivity index (χ4v) is 1.61. The third-order valence-corrected chi connectivity index (χ3v) is 2.42. The first kappa shape index (κ1) is 9.84. The summed E-state index contributed by atoms with van der Waals surface area (Å²) in [5, 5.41) is 0. The molecule has 1 aliphatic rings. The Balaban J connectivity index is 2.46. The summed E-state index contributed by atoms with van der Waals surface area (Å²) >= 11 is 0. The molecule has 0 aliphatic carbocycles. The van der Waals surface area contributed by atoms with Crippen molar-refractivity contribution in [1.29, 1.82) is 0 Å². The molecule has 0 aromatic heterocycles. The molecule has 0 unspecified atom stereocenters. The van der Waals surface area contributed by atoms with Crippen LogP contribution in [0.4, 0.5) is 13.2 Å². The van der Waals surface area contributed by atoms with Gasteiger partial charge in [-0.05, 0) is 25.9 Å². The molecule has 0 radical (unpaired) electrons. The van der Waals surface area contributed by atoms with Gasteiger partial charge in [0, 0.05) is 6.54 Å². The highest BCUT2D eigenvalue weighted by Crippen LogP contribution is 2.32. The Bertz CT molecular complexity index is 144. The summed E-state index contributed by atoms with van der Waals surface area (Å²) in [6.07, 6.45) is -3.01. The lowest BCUT2D eigenvalue weighted by Crippen LogP contribution is -2.41. The van der Waals surface area contributed by atoms with Crippen LogP contribution in [-0.4, -0.2) is 30.7 Å². The number of hydrogen-bond donors (Lipinski definition) is 0. The zero-order valence-electron chi connectivity index (χ0n) is 7.19. The molecule has 0 aromatic rings. The molecule has 12 heavy (non-hydrogen) atoms. The number of alkyl halides is 3. The lowest BCUT2D eigenvalue weighted by molar-refractivity contribution is -0.186. The van der Waals surface area contributed by atoms with Crippen LogP contribution < -0.4 is 0 Å². The van der Waals surface area contributed by atoms with Crippen LogP contribution >= 0.6 is 0 Å². The van der Waals surface area contributed by atoms with Crippen LogP contribution in [0.5, 0.6) is 0 Å². The number of hydrogen-bond acceptors (Lipinski definition) is 1. The second-order valence-corrected chi connectivity index (χ2v) is 3.27. The van der Waals surface area contributed by atoms with Crippen LogP contribution in [0.2, 0.25) is 0 Å². The molecule has 0 aromatic carbocycles. The minimum Gasteiger partial charge on any atom is -0.303 e. The average Bonchev–Trinajstić information content (AvgIpc) is 2.03. The molecular formula is C8H14F3N. The van der Waals surface area contributed by atoms with Gasteiger partial charge in [0.1, 0.15) is 0 Å². The Morgan fingerprint density at radius 2 is 2.08 bits per heavy atom. The Morgan fingerprint density at radius 3 is 2.58 bits per heavy atom. The minimum atomic E-state index is -3.99. The van der Waals surface area contributed by atoms with E-state index in [9.17, 15) is 13.2 Å². The van der Waals surface area contributed by atoms with Crippen molar-refractivity contribution in [2.45, 2.75) is 25.9 Å². The second kappa shape index (κ2) is 3.64. The molecule has 4 heteroatoms. The standard InChI is InChI=1S/C8H14F3N/c1-2-12-5-3-4-7(6-12)8(9,10)11/h7H,2-6H2,1H3/t7-/m0/s1. The first-order chi connectivity index (χ1) is 5.54. The highest BCUT2D eigenvalue weighted by Gasteiger charge is 2.41.